The first-order valence-corrected chi connectivity index (χ1v) is 4.23. The normalized spacial score (nSPS) is 10.4. The lowest BCUT2D eigenvalue weighted by atomic mass is 10.2. The molecule has 0 aliphatic carbocycles. The zero-order valence-corrected chi connectivity index (χ0v) is 7.78. The van der Waals surface area contributed by atoms with E-state index in [0.717, 1.165) is 5.69 Å². The predicted molar refractivity (Wildman–Crippen MR) is 52.9 cm³/mol. The van der Waals surface area contributed by atoms with Gasteiger partial charge in [0.15, 0.2) is 0 Å². The maximum absolute atomic E-state index is 7.55. The van der Waals surface area contributed by atoms with Gasteiger partial charge in [0, 0.05) is 0 Å². The van der Waals surface area contributed by atoms with E-state index in [9.17, 15) is 0 Å². The quantitative estimate of drug-likeness (QED) is 0.612. The van der Waals surface area contributed by atoms with E-state index in [1.165, 1.54) is 10.2 Å². The summed E-state index contributed by atoms with van der Waals surface area (Å²) in [7, 11) is 0. The first-order valence-electron chi connectivity index (χ1n) is 4.23. The lowest BCUT2D eigenvalue weighted by Crippen LogP contribution is -2.16. The Morgan fingerprint density at radius 1 is 1.36 bits per heavy atom. The summed E-state index contributed by atoms with van der Waals surface area (Å²) in [6, 6.07) is 7.72. The van der Waals surface area contributed by atoms with Gasteiger partial charge in [0.25, 0.3) is 0 Å². The molecule has 0 bridgehead atoms. The number of aryl methyl sites for hydroxylation is 1. The summed E-state index contributed by atoms with van der Waals surface area (Å²) in [5, 5.41) is 11.5. The average Bonchev–Trinajstić information content (AvgIpc) is 2.47. The van der Waals surface area contributed by atoms with E-state index in [1.807, 2.05) is 31.2 Å². The standard InChI is InChI=1S/C9H11N5/c1-6-2-4-7(5-3-6)14-9(11)12-8(10)13-14/h2-5H,1H3,(H4,10,11,12,13). The number of nitrogens with two attached hydrogens (primary N) is 1. The Bertz CT molecular complexity index is 491. The van der Waals surface area contributed by atoms with Crippen LogP contribution in [0.3, 0.4) is 0 Å². The van der Waals surface area contributed by atoms with Crippen LogP contribution < -0.4 is 11.4 Å². The molecule has 1 heterocycles. The molecule has 0 aliphatic rings. The number of rotatable bonds is 1. The maximum Gasteiger partial charge on any atom is 0.223 e. The van der Waals surface area contributed by atoms with Crippen LogP contribution in [0.2, 0.25) is 0 Å². The summed E-state index contributed by atoms with van der Waals surface area (Å²) in [4.78, 5) is 2.62. The number of H-pyrrole nitrogens is 1. The van der Waals surface area contributed by atoms with Crippen molar-refractivity contribution in [2.45, 2.75) is 6.92 Å². The fourth-order valence-corrected chi connectivity index (χ4v) is 1.23. The molecule has 5 heteroatoms. The van der Waals surface area contributed by atoms with Crippen LogP contribution in [0.25, 0.3) is 5.69 Å². The molecule has 72 valence electrons. The van der Waals surface area contributed by atoms with Crippen molar-refractivity contribution in [3.63, 3.8) is 0 Å². The highest BCUT2D eigenvalue weighted by Gasteiger charge is 2.00. The van der Waals surface area contributed by atoms with Crippen LogP contribution in [-0.4, -0.2) is 14.8 Å². The number of hydrogen-bond donors (Lipinski definition) is 3. The van der Waals surface area contributed by atoms with Gasteiger partial charge in [-0.05, 0) is 19.1 Å². The summed E-state index contributed by atoms with van der Waals surface area (Å²) in [6.45, 7) is 2.01. The fourth-order valence-electron chi connectivity index (χ4n) is 1.23. The van der Waals surface area contributed by atoms with Crippen molar-refractivity contribution < 1.29 is 0 Å². The van der Waals surface area contributed by atoms with Crippen LogP contribution in [0, 0.1) is 12.3 Å². The number of benzene rings is 1. The Balaban J connectivity index is 2.54. The van der Waals surface area contributed by atoms with Crippen LogP contribution in [0.15, 0.2) is 24.3 Å². The highest BCUT2D eigenvalue weighted by Crippen LogP contribution is 2.05. The van der Waals surface area contributed by atoms with E-state index in [-0.39, 0.29) is 11.6 Å². The van der Waals surface area contributed by atoms with Gasteiger partial charge < -0.3 is 5.73 Å². The van der Waals surface area contributed by atoms with Crippen molar-refractivity contribution in [1.82, 2.24) is 14.8 Å². The van der Waals surface area contributed by atoms with Gasteiger partial charge in [0.2, 0.25) is 11.6 Å². The Labute approximate surface area is 80.7 Å². The second-order valence-electron chi connectivity index (χ2n) is 3.11. The first kappa shape index (κ1) is 8.55. The first-order chi connectivity index (χ1) is 6.66. The number of hydrogen-bond acceptors (Lipinski definition) is 3. The third-order valence-corrected chi connectivity index (χ3v) is 1.94. The van der Waals surface area contributed by atoms with Gasteiger partial charge in [-0.25, -0.2) is 0 Å². The highest BCUT2D eigenvalue weighted by atomic mass is 15.4. The highest BCUT2D eigenvalue weighted by molar-refractivity contribution is 5.33. The molecule has 0 fully saturated rings. The van der Waals surface area contributed by atoms with Gasteiger partial charge in [-0.15, -0.1) is 5.10 Å². The van der Waals surface area contributed by atoms with Crippen LogP contribution >= 0.6 is 0 Å². The number of anilines is 1. The van der Waals surface area contributed by atoms with Gasteiger partial charge in [0.05, 0.1) is 5.69 Å². The van der Waals surface area contributed by atoms with E-state index >= 15 is 0 Å². The number of nitrogen functional groups attached to an aromatic ring is 1. The zero-order valence-electron chi connectivity index (χ0n) is 7.78. The number of aromatic nitrogens is 3. The molecule has 5 nitrogen and oxygen atoms in total. The van der Waals surface area contributed by atoms with E-state index in [4.69, 9.17) is 11.1 Å². The Morgan fingerprint density at radius 3 is 2.50 bits per heavy atom. The molecule has 14 heavy (non-hydrogen) atoms. The number of aromatic amines is 1. The Hall–Kier alpha value is -2.04. The Morgan fingerprint density at radius 2 is 2.00 bits per heavy atom. The summed E-state index contributed by atoms with van der Waals surface area (Å²) < 4.78 is 1.45. The summed E-state index contributed by atoms with van der Waals surface area (Å²) >= 11 is 0. The molecular weight excluding hydrogens is 178 g/mol. The molecule has 2 rings (SSSR count). The molecule has 0 unspecified atom stereocenters. The van der Waals surface area contributed by atoms with Crippen molar-refractivity contribution in [3.8, 4) is 5.69 Å². The molecule has 0 amide bonds. The van der Waals surface area contributed by atoms with Crippen molar-refractivity contribution in [2.75, 3.05) is 5.73 Å². The minimum Gasteiger partial charge on any atom is -0.368 e. The van der Waals surface area contributed by atoms with Gasteiger partial charge in [-0.3, -0.25) is 10.4 Å². The van der Waals surface area contributed by atoms with Crippen LogP contribution in [0.5, 0.6) is 0 Å². The molecule has 0 atom stereocenters. The van der Waals surface area contributed by atoms with Crippen LogP contribution in [0.4, 0.5) is 5.95 Å². The SMILES string of the molecule is Cc1ccc(-n2nc(N)[nH]c2=N)cc1. The minimum absolute atomic E-state index is 0.173. The topological polar surface area (TPSA) is 83.5 Å². The predicted octanol–water partition coefficient (Wildman–Crippen LogP) is 0.570. The number of nitrogens with zero attached hydrogens (tertiary/aromatic N) is 2. The van der Waals surface area contributed by atoms with Gasteiger partial charge in [-0.2, -0.15) is 4.68 Å². The summed E-state index contributed by atoms with van der Waals surface area (Å²) in [5.41, 5.74) is 7.61. The third-order valence-electron chi connectivity index (χ3n) is 1.94. The maximum atomic E-state index is 7.55. The van der Waals surface area contributed by atoms with Gasteiger partial charge >= 0.3 is 0 Å². The lowest BCUT2D eigenvalue weighted by Gasteiger charge is -1.99. The van der Waals surface area contributed by atoms with Gasteiger partial charge in [0.1, 0.15) is 0 Å². The largest absolute Gasteiger partial charge is 0.368 e. The molecule has 0 saturated carbocycles. The van der Waals surface area contributed by atoms with Crippen molar-refractivity contribution in [3.05, 3.63) is 35.4 Å². The summed E-state index contributed by atoms with van der Waals surface area (Å²) in [5.74, 6) is 0.246. The number of nitrogens with one attached hydrogen (secondary N) is 2. The van der Waals surface area contributed by atoms with E-state index in [0.29, 0.717) is 0 Å². The van der Waals surface area contributed by atoms with E-state index in [1.54, 1.807) is 0 Å². The van der Waals surface area contributed by atoms with Crippen molar-refractivity contribution in [1.29, 1.82) is 5.41 Å². The molecule has 4 N–H and O–H groups in total. The second-order valence-corrected chi connectivity index (χ2v) is 3.11. The average molecular weight is 189 g/mol. The van der Waals surface area contributed by atoms with Gasteiger partial charge in [-0.1, -0.05) is 17.7 Å². The third kappa shape index (κ3) is 1.39. The summed E-state index contributed by atoms with van der Waals surface area (Å²) in [6.07, 6.45) is 0. The monoisotopic (exact) mass is 189 g/mol. The van der Waals surface area contributed by atoms with Crippen LogP contribution in [0.1, 0.15) is 5.56 Å². The Kier molecular flexibility index (Phi) is 1.85. The molecular formula is C9H11N5. The van der Waals surface area contributed by atoms with Crippen molar-refractivity contribution >= 4 is 5.95 Å². The molecule has 0 spiro atoms. The molecule has 0 radical (unpaired) electrons. The van der Waals surface area contributed by atoms with Crippen molar-refractivity contribution in [2.24, 2.45) is 0 Å². The molecule has 2 aromatic rings. The molecule has 1 aromatic heterocycles. The molecule has 0 aliphatic heterocycles. The van der Waals surface area contributed by atoms with Crippen LogP contribution in [-0.2, 0) is 0 Å². The lowest BCUT2D eigenvalue weighted by molar-refractivity contribution is 0.804. The molecule has 1 aromatic carbocycles. The fraction of sp³-hybridized carbons (Fsp3) is 0.111. The minimum atomic E-state index is 0.173. The van der Waals surface area contributed by atoms with E-state index in [2.05, 4.69) is 10.1 Å². The van der Waals surface area contributed by atoms with E-state index < -0.39 is 0 Å². The molecule has 0 saturated heterocycles. The smallest absolute Gasteiger partial charge is 0.223 e. The second kappa shape index (κ2) is 3.02. The zero-order chi connectivity index (χ0) is 10.1.